The molecule has 0 fully saturated rings. The lowest BCUT2D eigenvalue weighted by Crippen LogP contribution is -2.27. The van der Waals surface area contributed by atoms with Gasteiger partial charge in [-0.3, -0.25) is 9.59 Å². The molecule has 0 bridgehead atoms. The van der Waals surface area contributed by atoms with E-state index in [1.807, 2.05) is 0 Å². The molecule has 4 aromatic carbocycles. The van der Waals surface area contributed by atoms with Gasteiger partial charge in [0.25, 0.3) is 11.6 Å². The second-order valence-corrected chi connectivity index (χ2v) is 10.7. The Kier molecular flexibility index (Phi) is 8.15. The summed E-state index contributed by atoms with van der Waals surface area (Å²) in [6.07, 6.45) is -16.5. The molecule has 0 amide bonds. The van der Waals surface area contributed by atoms with Crippen molar-refractivity contribution >= 4 is 50.3 Å². The van der Waals surface area contributed by atoms with Crippen molar-refractivity contribution in [3.63, 3.8) is 0 Å². The predicted molar refractivity (Wildman–Crippen MR) is 157 cm³/mol. The first-order chi connectivity index (χ1) is 21.8. The number of hydrogen-bond acceptors (Lipinski definition) is 6. The molecule has 0 aliphatic heterocycles. The SMILES string of the molecule is Cc1ccc(-c2nc(C(F)(F)F)c3ccc4c(Nc5ccc(N(C)C)cc5)c(C(=O)C(F)(F)F)cc(C(=O)C(F)(F)F)c4c3n2)cc1. The fraction of sp³-hybridized carbons (Fsp3) is 0.188. The number of ketones is 2. The number of hydrogen-bond donors (Lipinski definition) is 1. The van der Waals surface area contributed by atoms with Crippen LogP contribution in [0.5, 0.6) is 0 Å². The third-order valence-electron chi connectivity index (χ3n) is 7.20. The normalized spacial score (nSPS) is 12.4. The number of halogens is 9. The van der Waals surface area contributed by atoms with Crippen molar-refractivity contribution in [2.75, 3.05) is 24.3 Å². The van der Waals surface area contributed by atoms with Crippen molar-refractivity contribution in [2.45, 2.75) is 25.5 Å². The summed E-state index contributed by atoms with van der Waals surface area (Å²) in [5.41, 5.74) is -4.45. The molecule has 0 atom stereocenters. The first-order valence-electron chi connectivity index (χ1n) is 13.5. The van der Waals surface area contributed by atoms with Crippen LogP contribution in [0.4, 0.5) is 56.6 Å². The fourth-order valence-electron chi connectivity index (χ4n) is 4.94. The standard InChI is InChI=1S/C32H21F9N4O2/c1-15-4-6-16(7-5-15)29-43-25-20(26(44-29)30(33,34)35)13-12-19-23(25)21(27(46)31(36,37)38)14-22(28(47)32(39,40)41)24(19)42-17-8-10-18(11-9-17)45(2)3/h4-14,42H,1-3H3. The van der Waals surface area contributed by atoms with Crippen LogP contribution in [0, 0.1) is 6.92 Å². The van der Waals surface area contributed by atoms with Crippen LogP contribution in [-0.4, -0.2) is 48.0 Å². The molecule has 244 valence electrons. The Morgan fingerprint density at radius 3 is 1.79 bits per heavy atom. The van der Waals surface area contributed by atoms with E-state index in [0.717, 1.165) is 12.1 Å². The lowest BCUT2D eigenvalue weighted by molar-refractivity contribution is -0.139. The van der Waals surface area contributed by atoms with Crippen LogP contribution in [0.25, 0.3) is 33.1 Å². The number of nitrogens with one attached hydrogen (secondary N) is 1. The molecule has 1 heterocycles. The molecule has 5 rings (SSSR count). The van der Waals surface area contributed by atoms with Crippen molar-refractivity contribution in [3.8, 4) is 11.4 Å². The Bertz CT molecular complexity index is 2030. The second-order valence-electron chi connectivity index (χ2n) is 10.7. The van der Waals surface area contributed by atoms with E-state index in [-0.39, 0.29) is 17.3 Å². The number of anilines is 3. The quantitative estimate of drug-likeness (QED) is 0.111. The molecule has 1 N–H and O–H groups in total. The van der Waals surface area contributed by atoms with Crippen LogP contribution < -0.4 is 10.2 Å². The van der Waals surface area contributed by atoms with Gasteiger partial charge in [0.1, 0.15) is 0 Å². The average molecular weight is 665 g/mol. The summed E-state index contributed by atoms with van der Waals surface area (Å²) in [4.78, 5) is 34.9. The molecule has 1 aromatic heterocycles. The van der Waals surface area contributed by atoms with Crippen LogP contribution in [-0.2, 0) is 6.18 Å². The van der Waals surface area contributed by atoms with Gasteiger partial charge in [0.05, 0.1) is 16.8 Å². The number of Topliss-reactive ketones (excluding diaryl/α,β-unsaturated/α-hetero) is 2. The Morgan fingerprint density at radius 2 is 1.26 bits per heavy atom. The van der Waals surface area contributed by atoms with Gasteiger partial charge in [0.15, 0.2) is 11.5 Å². The van der Waals surface area contributed by atoms with E-state index < -0.39 is 80.1 Å². The number of fused-ring (bicyclic) bond motifs is 3. The number of carbonyl (C=O) groups excluding carboxylic acids is 2. The summed E-state index contributed by atoms with van der Waals surface area (Å²) in [6, 6.07) is 13.3. The van der Waals surface area contributed by atoms with Gasteiger partial charge in [-0.15, -0.1) is 0 Å². The maximum atomic E-state index is 14.4. The van der Waals surface area contributed by atoms with E-state index in [1.54, 1.807) is 38.1 Å². The Morgan fingerprint density at radius 1 is 0.702 bits per heavy atom. The summed E-state index contributed by atoms with van der Waals surface area (Å²) in [5, 5.41) is 0.316. The lowest BCUT2D eigenvalue weighted by Gasteiger charge is -2.21. The zero-order chi connectivity index (χ0) is 34.6. The minimum absolute atomic E-state index is 0.0342. The topological polar surface area (TPSA) is 75.2 Å². The molecular weight excluding hydrogens is 643 g/mol. The van der Waals surface area contributed by atoms with Crippen LogP contribution in [0.15, 0.2) is 66.7 Å². The zero-order valence-corrected chi connectivity index (χ0v) is 24.4. The molecule has 0 spiro atoms. The first-order valence-corrected chi connectivity index (χ1v) is 13.5. The Labute approximate surface area is 259 Å². The van der Waals surface area contributed by atoms with Gasteiger partial charge < -0.3 is 10.2 Å². The van der Waals surface area contributed by atoms with Crippen LogP contribution in [0.1, 0.15) is 32.0 Å². The maximum Gasteiger partial charge on any atom is 0.454 e. The van der Waals surface area contributed by atoms with E-state index in [4.69, 9.17) is 0 Å². The number of aryl methyl sites for hydroxylation is 1. The smallest absolute Gasteiger partial charge is 0.378 e. The molecule has 15 heteroatoms. The molecule has 5 aromatic rings. The Hall–Kier alpha value is -5.21. The highest BCUT2D eigenvalue weighted by atomic mass is 19.4. The molecule has 0 aliphatic rings. The third kappa shape index (κ3) is 6.42. The van der Waals surface area contributed by atoms with Gasteiger partial charge in [-0.1, -0.05) is 35.9 Å². The highest BCUT2D eigenvalue weighted by Crippen LogP contribution is 2.43. The van der Waals surface area contributed by atoms with Crippen molar-refractivity contribution in [2.24, 2.45) is 0 Å². The minimum atomic E-state index is -5.70. The number of aromatic nitrogens is 2. The highest BCUT2D eigenvalue weighted by Gasteiger charge is 2.45. The van der Waals surface area contributed by atoms with E-state index >= 15 is 0 Å². The van der Waals surface area contributed by atoms with Crippen LogP contribution >= 0.6 is 0 Å². The van der Waals surface area contributed by atoms with Gasteiger partial charge in [-0.05, 0) is 43.3 Å². The van der Waals surface area contributed by atoms with Crippen molar-refractivity contribution < 1.29 is 49.1 Å². The third-order valence-corrected chi connectivity index (χ3v) is 7.20. The first kappa shape index (κ1) is 33.2. The summed E-state index contributed by atoms with van der Waals surface area (Å²) in [6.45, 7) is 1.69. The molecule has 6 nitrogen and oxygen atoms in total. The number of rotatable bonds is 6. The summed E-state index contributed by atoms with van der Waals surface area (Å²) >= 11 is 0. The van der Waals surface area contributed by atoms with Crippen LogP contribution in [0.3, 0.4) is 0 Å². The molecular formula is C32H21F9N4O2. The number of nitrogens with zero attached hydrogens (tertiary/aromatic N) is 3. The minimum Gasteiger partial charge on any atom is -0.378 e. The van der Waals surface area contributed by atoms with Gasteiger partial charge in [0, 0.05) is 52.8 Å². The van der Waals surface area contributed by atoms with Crippen molar-refractivity contribution in [1.29, 1.82) is 0 Å². The Balaban J connectivity index is 1.97. The number of carbonyl (C=O) groups is 2. The molecule has 0 aliphatic carbocycles. The number of benzene rings is 4. The lowest BCUT2D eigenvalue weighted by atomic mass is 9.91. The van der Waals surface area contributed by atoms with E-state index in [0.29, 0.717) is 11.3 Å². The highest BCUT2D eigenvalue weighted by molar-refractivity contribution is 6.25. The van der Waals surface area contributed by atoms with Crippen molar-refractivity contribution in [3.05, 3.63) is 89.1 Å². The van der Waals surface area contributed by atoms with Gasteiger partial charge in [0.2, 0.25) is 0 Å². The zero-order valence-electron chi connectivity index (χ0n) is 24.4. The molecule has 0 saturated heterocycles. The van der Waals surface area contributed by atoms with Gasteiger partial charge in [-0.2, -0.15) is 39.5 Å². The van der Waals surface area contributed by atoms with E-state index in [9.17, 15) is 49.1 Å². The predicted octanol–water partition coefficient (Wildman–Crippen LogP) is 9.08. The summed E-state index contributed by atoms with van der Waals surface area (Å²) in [5.74, 6) is -5.87. The molecule has 0 saturated carbocycles. The molecule has 0 radical (unpaired) electrons. The van der Waals surface area contributed by atoms with E-state index in [2.05, 4.69) is 15.3 Å². The molecule has 0 unspecified atom stereocenters. The largest absolute Gasteiger partial charge is 0.454 e. The summed E-state index contributed by atoms with van der Waals surface area (Å²) < 4.78 is 126. The van der Waals surface area contributed by atoms with Crippen LogP contribution in [0.2, 0.25) is 0 Å². The van der Waals surface area contributed by atoms with Gasteiger partial charge >= 0.3 is 18.5 Å². The van der Waals surface area contributed by atoms with Gasteiger partial charge in [-0.25, -0.2) is 9.97 Å². The van der Waals surface area contributed by atoms with Crippen molar-refractivity contribution in [1.82, 2.24) is 9.97 Å². The fourth-order valence-corrected chi connectivity index (χ4v) is 4.94. The second kappa shape index (κ2) is 11.5. The van der Waals surface area contributed by atoms with E-state index in [1.165, 1.54) is 36.4 Å². The number of alkyl halides is 9. The molecule has 47 heavy (non-hydrogen) atoms. The monoisotopic (exact) mass is 664 g/mol. The average Bonchev–Trinajstić information content (AvgIpc) is 2.99. The summed E-state index contributed by atoms with van der Waals surface area (Å²) in [7, 11) is 3.42. The maximum absolute atomic E-state index is 14.4.